The van der Waals surface area contributed by atoms with Crippen LogP contribution in [0, 0.1) is 0 Å². The van der Waals surface area contributed by atoms with E-state index in [4.69, 9.17) is 0 Å². The molecule has 1 aliphatic rings. The van der Waals surface area contributed by atoms with E-state index in [9.17, 15) is 4.79 Å². The molecule has 1 aliphatic heterocycles. The Bertz CT molecular complexity index is 976. The van der Waals surface area contributed by atoms with E-state index < -0.39 is 0 Å². The number of nitrogens with zero attached hydrogens (tertiary/aromatic N) is 2. The highest BCUT2D eigenvalue weighted by Crippen LogP contribution is 2.30. The van der Waals surface area contributed by atoms with Gasteiger partial charge in [-0.05, 0) is 29.8 Å². The lowest BCUT2D eigenvalue weighted by Gasteiger charge is -2.20. The topological polar surface area (TPSA) is 54.4 Å². The van der Waals surface area contributed by atoms with E-state index in [1.54, 1.807) is 24.5 Å². The predicted octanol–water partition coefficient (Wildman–Crippen LogP) is 4.10. The minimum atomic E-state index is -0.129. The fourth-order valence-electron chi connectivity index (χ4n) is 2.72. The van der Waals surface area contributed by atoms with Crippen LogP contribution in [0.4, 0.5) is 5.69 Å². The molecular formula is C21H15N3O. The number of hydrogen-bond donors (Lipinski definition) is 1. The van der Waals surface area contributed by atoms with Crippen LogP contribution in [0.3, 0.4) is 0 Å². The summed E-state index contributed by atoms with van der Waals surface area (Å²) >= 11 is 0. The third-order valence-corrected chi connectivity index (χ3v) is 3.95. The number of amidine groups is 1. The van der Waals surface area contributed by atoms with E-state index in [1.165, 1.54) is 0 Å². The molecule has 1 N–H and O–H groups in total. The van der Waals surface area contributed by atoms with E-state index in [2.05, 4.69) is 15.3 Å². The van der Waals surface area contributed by atoms with Crippen molar-refractivity contribution in [3.05, 3.63) is 95.8 Å². The number of ketones is 1. The van der Waals surface area contributed by atoms with Gasteiger partial charge in [-0.25, -0.2) is 4.99 Å². The Morgan fingerprint density at radius 3 is 2.40 bits per heavy atom. The van der Waals surface area contributed by atoms with E-state index in [0.29, 0.717) is 11.4 Å². The molecule has 0 saturated carbocycles. The standard InChI is InChI=1S/C21H15N3O/c25-20(16-6-2-1-3-7-16)21-23-18-9-5-4-8-17(18)19(24-21)14-15-10-12-22-13-11-15/h1-14H,(H,23,24)/b19-14+. The Morgan fingerprint density at radius 1 is 0.880 bits per heavy atom. The molecule has 2 heterocycles. The quantitative estimate of drug-likeness (QED) is 0.738. The van der Waals surface area contributed by atoms with E-state index in [1.807, 2.05) is 60.7 Å². The Morgan fingerprint density at radius 2 is 1.60 bits per heavy atom. The van der Waals surface area contributed by atoms with Gasteiger partial charge in [0.1, 0.15) is 0 Å². The Kier molecular flexibility index (Phi) is 3.92. The van der Waals surface area contributed by atoms with E-state index in [-0.39, 0.29) is 5.78 Å². The molecule has 0 unspecified atom stereocenters. The SMILES string of the molecule is O=C(C1=Nc2ccccc2/C(=C\c2ccncc2)N1)c1ccccc1. The monoisotopic (exact) mass is 325 g/mol. The number of rotatable bonds is 3. The molecule has 0 spiro atoms. The van der Waals surface area contributed by atoms with Crippen molar-refractivity contribution in [2.45, 2.75) is 0 Å². The summed E-state index contributed by atoms with van der Waals surface area (Å²) in [5.74, 6) is 0.195. The minimum Gasteiger partial charge on any atom is -0.336 e. The third-order valence-electron chi connectivity index (χ3n) is 3.95. The molecular weight excluding hydrogens is 310 g/mol. The number of para-hydroxylation sites is 1. The van der Waals surface area contributed by atoms with Gasteiger partial charge in [0.15, 0.2) is 5.84 Å². The fraction of sp³-hybridized carbons (Fsp3) is 0. The Labute approximate surface area is 145 Å². The van der Waals surface area contributed by atoms with Crippen molar-refractivity contribution < 1.29 is 4.79 Å². The van der Waals surface area contributed by atoms with Gasteiger partial charge in [-0.2, -0.15) is 0 Å². The van der Waals surface area contributed by atoms with Crippen molar-refractivity contribution in [2.24, 2.45) is 4.99 Å². The van der Waals surface area contributed by atoms with Gasteiger partial charge in [0.2, 0.25) is 5.78 Å². The lowest BCUT2D eigenvalue weighted by molar-refractivity contribution is 0.106. The van der Waals surface area contributed by atoms with Crippen molar-refractivity contribution >= 4 is 29.1 Å². The van der Waals surface area contributed by atoms with Gasteiger partial charge in [0, 0.05) is 29.2 Å². The van der Waals surface area contributed by atoms with Gasteiger partial charge in [-0.15, -0.1) is 0 Å². The maximum atomic E-state index is 12.8. The number of carbonyl (C=O) groups is 1. The van der Waals surface area contributed by atoms with Gasteiger partial charge in [-0.3, -0.25) is 9.78 Å². The van der Waals surface area contributed by atoms with Crippen molar-refractivity contribution in [1.82, 2.24) is 10.3 Å². The minimum absolute atomic E-state index is 0.129. The van der Waals surface area contributed by atoms with Crippen molar-refractivity contribution in [1.29, 1.82) is 0 Å². The second kappa shape index (κ2) is 6.53. The largest absolute Gasteiger partial charge is 0.336 e. The number of fused-ring (bicyclic) bond motifs is 1. The number of Topliss-reactive ketones (excluding diaryl/α,β-unsaturated/α-hetero) is 1. The van der Waals surface area contributed by atoms with E-state index in [0.717, 1.165) is 22.5 Å². The van der Waals surface area contributed by atoms with Crippen molar-refractivity contribution in [3.63, 3.8) is 0 Å². The summed E-state index contributed by atoms with van der Waals surface area (Å²) in [6.45, 7) is 0. The van der Waals surface area contributed by atoms with Crippen LogP contribution in [-0.4, -0.2) is 16.6 Å². The Balaban J connectivity index is 1.78. The van der Waals surface area contributed by atoms with Gasteiger partial charge in [0.25, 0.3) is 0 Å². The number of pyridine rings is 1. The zero-order valence-corrected chi connectivity index (χ0v) is 13.4. The average molecular weight is 325 g/mol. The summed E-state index contributed by atoms with van der Waals surface area (Å²) in [5, 5.41) is 3.20. The first kappa shape index (κ1) is 15.0. The zero-order valence-electron chi connectivity index (χ0n) is 13.4. The molecule has 4 nitrogen and oxygen atoms in total. The highest BCUT2D eigenvalue weighted by molar-refractivity contribution is 6.47. The number of aliphatic imine (C=N–C) groups is 1. The summed E-state index contributed by atoms with van der Waals surface area (Å²) in [6, 6.07) is 20.8. The number of hydrogen-bond acceptors (Lipinski definition) is 4. The van der Waals surface area contributed by atoms with Gasteiger partial charge in [0.05, 0.1) is 5.69 Å². The molecule has 25 heavy (non-hydrogen) atoms. The molecule has 3 aromatic rings. The van der Waals surface area contributed by atoms with Gasteiger partial charge >= 0.3 is 0 Å². The first-order valence-corrected chi connectivity index (χ1v) is 7.98. The van der Waals surface area contributed by atoms with E-state index >= 15 is 0 Å². The van der Waals surface area contributed by atoms with Crippen molar-refractivity contribution in [2.75, 3.05) is 0 Å². The molecule has 0 radical (unpaired) electrons. The summed E-state index contributed by atoms with van der Waals surface area (Å²) in [7, 11) is 0. The number of benzene rings is 2. The average Bonchev–Trinajstić information content (AvgIpc) is 2.69. The van der Waals surface area contributed by atoms with Crippen LogP contribution in [0.25, 0.3) is 11.8 Å². The first-order valence-electron chi connectivity index (χ1n) is 7.98. The molecule has 0 fully saturated rings. The number of aromatic nitrogens is 1. The molecule has 1 aromatic heterocycles. The highest BCUT2D eigenvalue weighted by Gasteiger charge is 2.21. The van der Waals surface area contributed by atoms with Crippen LogP contribution < -0.4 is 5.32 Å². The maximum absolute atomic E-state index is 12.8. The lowest BCUT2D eigenvalue weighted by atomic mass is 10.0. The van der Waals surface area contributed by atoms with Crippen LogP contribution in [0.1, 0.15) is 21.5 Å². The highest BCUT2D eigenvalue weighted by atomic mass is 16.1. The summed E-state index contributed by atoms with van der Waals surface area (Å²) in [6.07, 6.45) is 5.48. The first-order chi connectivity index (χ1) is 12.3. The van der Waals surface area contributed by atoms with Crippen LogP contribution in [0.15, 0.2) is 84.1 Å². The predicted molar refractivity (Wildman–Crippen MR) is 99.6 cm³/mol. The smallest absolute Gasteiger partial charge is 0.228 e. The molecule has 0 saturated heterocycles. The Hall–Kier alpha value is -3.53. The lowest BCUT2D eigenvalue weighted by Crippen LogP contribution is -2.32. The number of nitrogens with one attached hydrogen (secondary N) is 1. The van der Waals surface area contributed by atoms with Crippen LogP contribution in [0.5, 0.6) is 0 Å². The summed E-state index contributed by atoms with van der Waals surface area (Å²) < 4.78 is 0. The second-order valence-electron chi connectivity index (χ2n) is 5.64. The molecule has 4 rings (SSSR count). The van der Waals surface area contributed by atoms with Crippen molar-refractivity contribution in [3.8, 4) is 0 Å². The molecule has 2 aromatic carbocycles. The molecule has 0 amide bonds. The number of carbonyl (C=O) groups excluding carboxylic acids is 1. The summed E-state index contributed by atoms with van der Waals surface area (Å²) in [5.41, 5.74) is 4.19. The van der Waals surface area contributed by atoms with Gasteiger partial charge in [-0.1, -0.05) is 48.5 Å². The molecule has 120 valence electrons. The summed E-state index contributed by atoms with van der Waals surface area (Å²) in [4.78, 5) is 21.3. The zero-order chi connectivity index (χ0) is 17.1. The normalized spacial score (nSPS) is 14.4. The van der Waals surface area contributed by atoms with Gasteiger partial charge < -0.3 is 5.32 Å². The molecule has 4 heteroatoms. The molecule has 0 bridgehead atoms. The van der Waals surface area contributed by atoms with Crippen LogP contribution >= 0.6 is 0 Å². The van der Waals surface area contributed by atoms with Crippen LogP contribution in [-0.2, 0) is 0 Å². The fourth-order valence-corrected chi connectivity index (χ4v) is 2.72. The second-order valence-corrected chi connectivity index (χ2v) is 5.64. The third kappa shape index (κ3) is 3.10. The van der Waals surface area contributed by atoms with Crippen LogP contribution in [0.2, 0.25) is 0 Å². The maximum Gasteiger partial charge on any atom is 0.228 e. The molecule has 0 atom stereocenters. The molecule has 0 aliphatic carbocycles.